The maximum Gasteiger partial charge on any atom is 0.243 e. The molecule has 26 heavy (non-hydrogen) atoms. The number of nitrogens with zero attached hydrogens (tertiary/aromatic N) is 2. The van der Waals surface area contributed by atoms with Crippen molar-refractivity contribution in [2.75, 3.05) is 37.7 Å². The number of aryl methyl sites for hydroxylation is 1. The van der Waals surface area contributed by atoms with Crippen molar-refractivity contribution in [1.82, 2.24) is 4.31 Å². The summed E-state index contributed by atoms with van der Waals surface area (Å²) in [5.41, 5.74) is 1.71. The number of piperazine rings is 1. The lowest BCUT2D eigenvalue weighted by Gasteiger charge is -2.35. The highest BCUT2D eigenvalue weighted by Gasteiger charge is 2.29. The highest BCUT2D eigenvalue weighted by Crippen LogP contribution is 2.25. The molecule has 2 aromatic rings. The van der Waals surface area contributed by atoms with Crippen LogP contribution in [0.5, 0.6) is 5.75 Å². The molecular formula is C19H23FN2O3S. The van der Waals surface area contributed by atoms with Gasteiger partial charge in [-0.2, -0.15) is 4.31 Å². The van der Waals surface area contributed by atoms with E-state index in [-0.39, 0.29) is 10.7 Å². The van der Waals surface area contributed by atoms with Crippen molar-refractivity contribution >= 4 is 15.7 Å². The fourth-order valence-corrected chi connectivity index (χ4v) is 4.60. The number of rotatable bonds is 5. The van der Waals surface area contributed by atoms with Crippen molar-refractivity contribution in [3.8, 4) is 5.75 Å². The Bertz CT molecular complexity index is 861. The molecule has 7 heteroatoms. The Morgan fingerprint density at radius 1 is 1.04 bits per heavy atom. The first-order valence-electron chi connectivity index (χ1n) is 8.66. The van der Waals surface area contributed by atoms with Gasteiger partial charge in [0.1, 0.15) is 11.6 Å². The molecule has 0 aliphatic carbocycles. The van der Waals surface area contributed by atoms with E-state index in [1.807, 2.05) is 13.8 Å². The molecule has 1 saturated heterocycles. The van der Waals surface area contributed by atoms with Gasteiger partial charge < -0.3 is 9.64 Å². The molecule has 1 heterocycles. The minimum Gasteiger partial charge on any atom is -0.494 e. The van der Waals surface area contributed by atoms with Crippen LogP contribution in [0, 0.1) is 12.7 Å². The van der Waals surface area contributed by atoms with Gasteiger partial charge in [0.2, 0.25) is 10.0 Å². The molecule has 0 spiro atoms. The predicted octanol–water partition coefficient (Wildman–Crippen LogP) is 3.04. The summed E-state index contributed by atoms with van der Waals surface area (Å²) in [5, 5.41) is 0. The van der Waals surface area contributed by atoms with Crippen LogP contribution in [0.3, 0.4) is 0 Å². The molecule has 0 atom stereocenters. The Kier molecular flexibility index (Phi) is 5.48. The molecule has 0 amide bonds. The van der Waals surface area contributed by atoms with E-state index in [0.29, 0.717) is 38.5 Å². The molecule has 0 radical (unpaired) electrons. The molecule has 0 aromatic heterocycles. The zero-order valence-electron chi connectivity index (χ0n) is 15.0. The molecule has 0 unspecified atom stereocenters. The molecule has 0 bridgehead atoms. The summed E-state index contributed by atoms with van der Waals surface area (Å²) >= 11 is 0. The first-order valence-corrected chi connectivity index (χ1v) is 10.1. The lowest BCUT2D eigenvalue weighted by molar-refractivity contribution is 0.337. The van der Waals surface area contributed by atoms with Gasteiger partial charge in [0, 0.05) is 31.9 Å². The normalized spacial score (nSPS) is 15.9. The zero-order chi connectivity index (χ0) is 18.7. The minimum absolute atomic E-state index is 0.277. The number of hydrogen-bond acceptors (Lipinski definition) is 4. The van der Waals surface area contributed by atoms with Crippen LogP contribution >= 0.6 is 0 Å². The largest absolute Gasteiger partial charge is 0.494 e. The average Bonchev–Trinajstić information content (AvgIpc) is 2.64. The SMILES string of the molecule is CCOc1ccc(S(=O)(=O)N2CCN(c3ccc(F)cc3)CC2)cc1C. The number of ether oxygens (including phenoxy) is 1. The topological polar surface area (TPSA) is 49.9 Å². The summed E-state index contributed by atoms with van der Waals surface area (Å²) in [7, 11) is -3.54. The third-order valence-corrected chi connectivity index (χ3v) is 6.41. The number of hydrogen-bond donors (Lipinski definition) is 0. The van der Waals surface area contributed by atoms with Gasteiger partial charge in [0.25, 0.3) is 0 Å². The summed E-state index contributed by atoms with van der Waals surface area (Å²) in [6, 6.07) is 11.2. The fraction of sp³-hybridized carbons (Fsp3) is 0.368. The Morgan fingerprint density at radius 3 is 2.27 bits per heavy atom. The van der Waals surface area contributed by atoms with Crippen LogP contribution in [0.4, 0.5) is 10.1 Å². The van der Waals surface area contributed by atoms with Crippen LogP contribution in [0.1, 0.15) is 12.5 Å². The van der Waals surface area contributed by atoms with Gasteiger partial charge in [-0.25, -0.2) is 12.8 Å². The highest BCUT2D eigenvalue weighted by atomic mass is 32.2. The smallest absolute Gasteiger partial charge is 0.243 e. The van der Waals surface area contributed by atoms with E-state index < -0.39 is 10.0 Å². The van der Waals surface area contributed by atoms with Gasteiger partial charge >= 0.3 is 0 Å². The van der Waals surface area contributed by atoms with E-state index in [1.54, 1.807) is 30.3 Å². The molecule has 5 nitrogen and oxygen atoms in total. The first kappa shape index (κ1) is 18.7. The highest BCUT2D eigenvalue weighted by molar-refractivity contribution is 7.89. The van der Waals surface area contributed by atoms with E-state index in [0.717, 1.165) is 11.3 Å². The maximum absolute atomic E-state index is 13.1. The van der Waals surface area contributed by atoms with Gasteiger partial charge in [-0.1, -0.05) is 0 Å². The average molecular weight is 378 g/mol. The van der Waals surface area contributed by atoms with Crippen LogP contribution in [0.25, 0.3) is 0 Å². The van der Waals surface area contributed by atoms with Crippen LogP contribution in [0.2, 0.25) is 0 Å². The Balaban J connectivity index is 1.71. The van der Waals surface area contributed by atoms with Gasteiger partial charge in [-0.15, -0.1) is 0 Å². The van der Waals surface area contributed by atoms with Crippen molar-refractivity contribution in [2.24, 2.45) is 0 Å². The van der Waals surface area contributed by atoms with E-state index in [4.69, 9.17) is 4.74 Å². The van der Waals surface area contributed by atoms with Gasteiger partial charge in [-0.3, -0.25) is 0 Å². The maximum atomic E-state index is 13.1. The Morgan fingerprint density at radius 2 is 1.69 bits per heavy atom. The minimum atomic E-state index is -3.54. The molecule has 140 valence electrons. The summed E-state index contributed by atoms with van der Waals surface area (Å²) in [6.45, 7) is 6.21. The number of halogens is 1. The number of anilines is 1. The second-order valence-corrected chi connectivity index (χ2v) is 8.17. The Hall–Kier alpha value is -2.12. The van der Waals surface area contributed by atoms with Crippen molar-refractivity contribution in [3.63, 3.8) is 0 Å². The summed E-state index contributed by atoms with van der Waals surface area (Å²) in [5.74, 6) is 0.424. The molecule has 1 aliphatic heterocycles. The molecule has 1 fully saturated rings. The lowest BCUT2D eigenvalue weighted by atomic mass is 10.2. The predicted molar refractivity (Wildman–Crippen MR) is 99.7 cm³/mol. The second-order valence-electron chi connectivity index (χ2n) is 6.23. The van der Waals surface area contributed by atoms with Crippen LogP contribution in [-0.4, -0.2) is 45.5 Å². The van der Waals surface area contributed by atoms with Crippen molar-refractivity contribution in [1.29, 1.82) is 0 Å². The number of benzene rings is 2. The van der Waals surface area contributed by atoms with E-state index in [2.05, 4.69) is 4.90 Å². The number of sulfonamides is 1. The zero-order valence-corrected chi connectivity index (χ0v) is 15.8. The van der Waals surface area contributed by atoms with Crippen LogP contribution in [-0.2, 0) is 10.0 Å². The third kappa shape index (κ3) is 3.83. The molecule has 3 rings (SSSR count). The molecule has 0 saturated carbocycles. The van der Waals surface area contributed by atoms with E-state index >= 15 is 0 Å². The van der Waals surface area contributed by atoms with Crippen molar-refractivity contribution in [3.05, 3.63) is 53.8 Å². The summed E-state index contributed by atoms with van der Waals surface area (Å²) in [4.78, 5) is 2.35. The third-order valence-electron chi connectivity index (χ3n) is 4.51. The van der Waals surface area contributed by atoms with E-state index in [9.17, 15) is 12.8 Å². The van der Waals surface area contributed by atoms with Crippen LogP contribution in [0.15, 0.2) is 47.4 Å². The van der Waals surface area contributed by atoms with E-state index in [1.165, 1.54) is 16.4 Å². The second kappa shape index (κ2) is 7.63. The van der Waals surface area contributed by atoms with Crippen LogP contribution < -0.4 is 9.64 Å². The molecule has 0 N–H and O–H groups in total. The van der Waals surface area contributed by atoms with Gasteiger partial charge in [0.15, 0.2) is 0 Å². The first-order chi connectivity index (χ1) is 12.4. The fourth-order valence-electron chi connectivity index (χ4n) is 3.09. The molecular weight excluding hydrogens is 355 g/mol. The van der Waals surface area contributed by atoms with Gasteiger partial charge in [-0.05, 0) is 61.9 Å². The van der Waals surface area contributed by atoms with Gasteiger partial charge in [0.05, 0.1) is 11.5 Å². The monoisotopic (exact) mass is 378 g/mol. The molecule has 2 aromatic carbocycles. The lowest BCUT2D eigenvalue weighted by Crippen LogP contribution is -2.48. The summed E-state index contributed by atoms with van der Waals surface area (Å²) in [6.07, 6.45) is 0. The van der Waals surface area contributed by atoms with Crippen molar-refractivity contribution < 1.29 is 17.5 Å². The molecule has 1 aliphatic rings. The quantitative estimate of drug-likeness (QED) is 0.802. The Labute approximate surface area is 154 Å². The standard InChI is InChI=1S/C19H23FN2O3S/c1-3-25-19-9-8-18(14-15(19)2)26(23,24)22-12-10-21(11-13-22)17-6-4-16(20)5-7-17/h4-9,14H,3,10-13H2,1-2H3. The van der Waals surface area contributed by atoms with Crippen molar-refractivity contribution in [2.45, 2.75) is 18.7 Å². The summed E-state index contributed by atoms with van der Waals surface area (Å²) < 4.78 is 45.9.